The Morgan fingerprint density at radius 1 is 1.28 bits per heavy atom. The molecule has 132 valence electrons. The number of benzene rings is 1. The number of rotatable bonds is 6. The minimum absolute atomic E-state index is 0.113. The molecule has 1 atom stereocenters. The lowest BCUT2D eigenvalue weighted by Crippen LogP contribution is -2.33. The van der Waals surface area contributed by atoms with E-state index in [1.807, 2.05) is 61.5 Å². The van der Waals surface area contributed by atoms with Crippen LogP contribution in [0, 0.1) is 5.92 Å². The first-order chi connectivity index (χ1) is 12.0. The predicted molar refractivity (Wildman–Crippen MR) is 103 cm³/mol. The first-order valence-corrected chi connectivity index (χ1v) is 9.26. The van der Waals surface area contributed by atoms with Gasteiger partial charge in [0.05, 0.1) is 18.0 Å². The SMILES string of the molecule is CC(C)C(O)CN(C)Cc1nc2scc(-c3ccccc3)c2c(=O)[nH]1. The second kappa shape index (κ2) is 7.47. The van der Waals surface area contributed by atoms with Crippen LogP contribution in [-0.4, -0.2) is 39.7 Å². The van der Waals surface area contributed by atoms with Crippen molar-refractivity contribution in [1.29, 1.82) is 0 Å². The summed E-state index contributed by atoms with van der Waals surface area (Å²) in [7, 11) is 1.92. The van der Waals surface area contributed by atoms with Crippen LogP contribution < -0.4 is 5.56 Å². The van der Waals surface area contributed by atoms with Crippen LogP contribution in [0.15, 0.2) is 40.5 Å². The van der Waals surface area contributed by atoms with Gasteiger partial charge in [-0.25, -0.2) is 4.98 Å². The molecule has 0 radical (unpaired) electrons. The number of fused-ring (bicyclic) bond motifs is 1. The first-order valence-electron chi connectivity index (χ1n) is 8.38. The van der Waals surface area contributed by atoms with Gasteiger partial charge in [0.15, 0.2) is 0 Å². The smallest absolute Gasteiger partial charge is 0.260 e. The van der Waals surface area contributed by atoms with E-state index >= 15 is 0 Å². The van der Waals surface area contributed by atoms with Crippen LogP contribution in [0.25, 0.3) is 21.3 Å². The quantitative estimate of drug-likeness (QED) is 0.711. The Morgan fingerprint density at radius 2 is 2.00 bits per heavy atom. The van der Waals surface area contributed by atoms with Crippen molar-refractivity contribution in [3.63, 3.8) is 0 Å². The van der Waals surface area contributed by atoms with Gasteiger partial charge in [0.25, 0.3) is 5.56 Å². The number of hydrogen-bond acceptors (Lipinski definition) is 5. The molecule has 0 amide bonds. The summed E-state index contributed by atoms with van der Waals surface area (Å²) in [6.07, 6.45) is -0.396. The number of nitrogens with one attached hydrogen (secondary N) is 1. The molecule has 0 spiro atoms. The molecular formula is C19H23N3O2S. The monoisotopic (exact) mass is 357 g/mol. The number of thiophene rings is 1. The molecule has 6 heteroatoms. The lowest BCUT2D eigenvalue weighted by atomic mass is 10.1. The van der Waals surface area contributed by atoms with Gasteiger partial charge >= 0.3 is 0 Å². The Morgan fingerprint density at radius 3 is 2.68 bits per heavy atom. The van der Waals surface area contributed by atoms with E-state index in [2.05, 4.69) is 9.97 Å². The highest BCUT2D eigenvalue weighted by Crippen LogP contribution is 2.30. The summed E-state index contributed by atoms with van der Waals surface area (Å²) in [5, 5.41) is 12.6. The fraction of sp³-hybridized carbons (Fsp3) is 0.368. The summed E-state index contributed by atoms with van der Waals surface area (Å²) in [5.41, 5.74) is 1.83. The highest BCUT2D eigenvalue weighted by molar-refractivity contribution is 7.17. The number of H-pyrrole nitrogens is 1. The van der Waals surface area contributed by atoms with Gasteiger partial charge in [0.1, 0.15) is 10.7 Å². The summed E-state index contributed by atoms with van der Waals surface area (Å²) in [5.74, 6) is 0.820. The van der Waals surface area contributed by atoms with Gasteiger partial charge in [0.2, 0.25) is 0 Å². The zero-order chi connectivity index (χ0) is 18.0. The molecule has 0 aliphatic rings. The number of nitrogens with zero attached hydrogens (tertiary/aromatic N) is 2. The van der Waals surface area contributed by atoms with Gasteiger partial charge in [-0.1, -0.05) is 44.2 Å². The molecule has 5 nitrogen and oxygen atoms in total. The number of aliphatic hydroxyl groups excluding tert-OH is 1. The predicted octanol–water partition coefficient (Wildman–Crippen LogP) is 3.10. The molecule has 0 aliphatic carbocycles. The maximum absolute atomic E-state index is 12.6. The van der Waals surface area contributed by atoms with Gasteiger partial charge in [0, 0.05) is 17.5 Å². The normalized spacial score (nSPS) is 13.0. The molecular weight excluding hydrogens is 334 g/mol. The molecule has 0 bridgehead atoms. The topological polar surface area (TPSA) is 69.2 Å². The van der Waals surface area contributed by atoms with Crippen LogP contribution in [0.2, 0.25) is 0 Å². The van der Waals surface area contributed by atoms with Gasteiger partial charge in [-0.3, -0.25) is 9.69 Å². The highest BCUT2D eigenvalue weighted by atomic mass is 32.1. The van der Waals surface area contributed by atoms with Crippen molar-refractivity contribution >= 4 is 21.6 Å². The lowest BCUT2D eigenvalue weighted by molar-refractivity contribution is 0.0830. The maximum Gasteiger partial charge on any atom is 0.260 e. The van der Waals surface area contributed by atoms with Crippen molar-refractivity contribution < 1.29 is 5.11 Å². The number of hydrogen-bond donors (Lipinski definition) is 2. The van der Waals surface area contributed by atoms with Gasteiger partial charge in [-0.05, 0) is 18.5 Å². The largest absolute Gasteiger partial charge is 0.392 e. The molecule has 2 N–H and O–H groups in total. The zero-order valence-corrected chi connectivity index (χ0v) is 15.5. The van der Waals surface area contributed by atoms with Crippen molar-refractivity contribution in [2.24, 2.45) is 5.92 Å². The third kappa shape index (κ3) is 3.98. The molecule has 2 aromatic heterocycles. The molecule has 3 aromatic rings. The zero-order valence-electron chi connectivity index (χ0n) is 14.7. The van der Waals surface area contributed by atoms with E-state index in [9.17, 15) is 9.90 Å². The van der Waals surface area contributed by atoms with E-state index in [4.69, 9.17) is 0 Å². The minimum atomic E-state index is -0.396. The van der Waals surface area contributed by atoms with Crippen molar-refractivity contribution in [2.45, 2.75) is 26.5 Å². The Balaban J connectivity index is 1.87. The third-order valence-electron chi connectivity index (χ3n) is 4.27. The Kier molecular flexibility index (Phi) is 5.32. The van der Waals surface area contributed by atoms with E-state index in [0.29, 0.717) is 24.3 Å². The van der Waals surface area contributed by atoms with Crippen LogP contribution in [0.4, 0.5) is 0 Å². The summed E-state index contributed by atoms with van der Waals surface area (Å²) >= 11 is 1.48. The molecule has 3 rings (SSSR count). The van der Waals surface area contributed by atoms with Crippen LogP contribution >= 0.6 is 11.3 Å². The third-order valence-corrected chi connectivity index (χ3v) is 5.14. The van der Waals surface area contributed by atoms with Crippen molar-refractivity contribution in [2.75, 3.05) is 13.6 Å². The van der Waals surface area contributed by atoms with Crippen LogP contribution in [0.3, 0.4) is 0 Å². The van der Waals surface area contributed by atoms with Gasteiger partial charge < -0.3 is 10.1 Å². The highest BCUT2D eigenvalue weighted by Gasteiger charge is 2.16. The number of aromatic nitrogens is 2. The molecule has 2 heterocycles. The average Bonchev–Trinajstić information content (AvgIpc) is 2.99. The second-order valence-corrected chi connectivity index (χ2v) is 7.57. The van der Waals surface area contributed by atoms with Crippen molar-refractivity contribution in [1.82, 2.24) is 14.9 Å². The summed E-state index contributed by atoms with van der Waals surface area (Å²) in [6.45, 7) is 5.01. The fourth-order valence-corrected chi connectivity index (χ4v) is 3.72. The Hall–Kier alpha value is -2.02. The molecule has 0 saturated heterocycles. The summed E-state index contributed by atoms with van der Waals surface area (Å²) in [6, 6.07) is 9.87. The molecule has 25 heavy (non-hydrogen) atoms. The molecule has 0 fully saturated rings. The van der Waals surface area contributed by atoms with Crippen LogP contribution in [0.1, 0.15) is 19.7 Å². The lowest BCUT2D eigenvalue weighted by Gasteiger charge is -2.22. The van der Waals surface area contributed by atoms with Crippen LogP contribution in [0.5, 0.6) is 0 Å². The van der Waals surface area contributed by atoms with E-state index in [1.54, 1.807) is 0 Å². The van der Waals surface area contributed by atoms with Crippen LogP contribution in [-0.2, 0) is 6.54 Å². The van der Waals surface area contributed by atoms with E-state index in [0.717, 1.165) is 16.0 Å². The van der Waals surface area contributed by atoms with Crippen molar-refractivity contribution in [3.05, 3.63) is 51.9 Å². The van der Waals surface area contributed by atoms with Gasteiger partial charge in [-0.15, -0.1) is 11.3 Å². The average molecular weight is 357 g/mol. The maximum atomic E-state index is 12.6. The standard InChI is InChI=1S/C19H23N3O2S/c1-12(2)15(23)9-22(3)10-16-20-18(24)17-14(11-25-19(17)21-16)13-7-5-4-6-8-13/h4-8,11-12,15,23H,9-10H2,1-3H3,(H,20,21,24). The molecule has 1 unspecified atom stereocenters. The van der Waals surface area contributed by atoms with E-state index in [1.165, 1.54) is 11.3 Å². The van der Waals surface area contributed by atoms with Gasteiger partial charge in [-0.2, -0.15) is 0 Å². The number of likely N-dealkylation sites (N-methyl/N-ethyl adjacent to an activating group) is 1. The van der Waals surface area contributed by atoms with E-state index < -0.39 is 6.10 Å². The Labute approximate surface area is 151 Å². The first kappa shape index (κ1) is 17.8. The molecule has 1 aromatic carbocycles. The number of aromatic amines is 1. The van der Waals surface area contributed by atoms with Crippen molar-refractivity contribution in [3.8, 4) is 11.1 Å². The Bertz CT molecular complexity index is 902. The summed E-state index contributed by atoms with van der Waals surface area (Å²) in [4.78, 5) is 22.8. The fourth-order valence-electron chi connectivity index (χ4n) is 2.75. The minimum Gasteiger partial charge on any atom is -0.392 e. The number of aliphatic hydroxyl groups is 1. The summed E-state index contributed by atoms with van der Waals surface area (Å²) < 4.78 is 0. The second-order valence-electron chi connectivity index (χ2n) is 6.72. The molecule has 0 saturated carbocycles. The van der Waals surface area contributed by atoms with E-state index in [-0.39, 0.29) is 11.5 Å². The molecule has 0 aliphatic heterocycles.